The van der Waals surface area contributed by atoms with E-state index in [1.807, 2.05) is 18.1 Å². The van der Waals surface area contributed by atoms with Crippen LogP contribution in [0.1, 0.15) is 41.7 Å². The van der Waals surface area contributed by atoms with Crippen LogP contribution in [0.5, 0.6) is 0 Å². The van der Waals surface area contributed by atoms with Gasteiger partial charge in [0.2, 0.25) is 0 Å². The first-order valence-corrected chi connectivity index (χ1v) is 9.70. The summed E-state index contributed by atoms with van der Waals surface area (Å²) in [5.41, 5.74) is 1.55. The summed E-state index contributed by atoms with van der Waals surface area (Å²) in [7, 11) is -1.39. The number of aromatic nitrogens is 2. The van der Waals surface area contributed by atoms with Crippen LogP contribution in [0.25, 0.3) is 0 Å². The summed E-state index contributed by atoms with van der Waals surface area (Å²) < 4.78 is 25.5. The van der Waals surface area contributed by atoms with E-state index in [0.29, 0.717) is 12.1 Å². The number of amides is 1. The van der Waals surface area contributed by atoms with Crippen molar-refractivity contribution in [3.8, 4) is 0 Å². The second-order valence-corrected chi connectivity index (χ2v) is 8.31. The minimum absolute atomic E-state index is 0.0326. The average molecular weight is 347 g/mol. The first kappa shape index (κ1) is 16.7. The van der Waals surface area contributed by atoms with Gasteiger partial charge in [-0.2, -0.15) is 5.10 Å². The van der Waals surface area contributed by atoms with Crippen molar-refractivity contribution < 1.29 is 13.2 Å². The molecule has 0 saturated carbocycles. The highest BCUT2D eigenvalue weighted by Crippen LogP contribution is 2.32. The lowest BCUT2D eigenvalue weighted by Crippen LogP contribution is -2.30. The summed E-state index contributed by atoms with van der Waals surface area (Å²) in [6.45, 7) is 2.31. The van der Waals surface area contributed by atoms with Gasteiger partial charge in [0.05, 0.1) is 22.9 Å². The molecule has 0 aliphatic carbocycles. The Morgan fingerprint density at radius 3 is 2.58 bits per heavy atom. The molecule has 1 aromatic carbocycles. The van der Waals surface area contributed by atoms with Gasteiger partial charge < -0.3 is 4.90 Å². The zero-order chi connectivity index (χ0) is 17.3. The predicted molar refractivity (Wildman–Crippen MR) is 90.4 cm³/mol. The van der Waals surface area contributed by atoms with Crippen LogP contribution >= 0.6 is 0 Å². The van der Waals surface area contributed by atoms with Crippen LogP contribution in [-0.4, -0.2) is 41.3 Å². The average Bonchev–Trinajstić information content (AvgIpc) is 3.23. The summed E-state index contributed by atoms with van der Waals surface area (Å²) in [4.78, 5) is 14.9. The highest BCUT2D eigenvalue weighted by Gasteiger charge is 2.31. The molecule has 1 aliphatic rings. The van der Waals surface area contributed by atoms with Crippen LogP contribution in [0.4, 0.5) is 0 Å². The molecule has 1 aromatic heterocycles. The number of nitrogens with zero attached hydrogens (tertiary/aromatic N) is 3. The van der Waals surface area contributed by atoms with Gasteiger partial charge in [-0.1, -0.05) is 6.92 Å². The Bertz CT molecular complexity index is 840. The van der Waals surface area contributed by atoms with E-state index in [1.54, 1.807) is 29.9 Å². The van der Waals surface area contributed by atoms with Crippen LogP contribution in [0.3, 0.4) is 0 Å². The van der Waals surface area contributed by atoms with E-state index >= 15 is 0 Å². The van der Waals surface area contributed by atoms with Crippen LogP contribution in [-0.2, 0) is 16.9 Å². The lowest BCUT2D eigenvalue weighted by Gasteiger charge is -2.24. The first-order chi connectivity index (χ1) is 11.4. The van der Waals surface area contributed by atoms with Gasteiger partial charge in [-0.25, -0.2) is 8.42 Å². The van der Waals surface area contributed by atoms with E-state index in [-0.39, 0.29) is 22.6 Å². The molecule has 0 bridgehead atoms. The van der Waals surface area contributed by atoms with Crippen LogP contribution in [0, 0.1) is 0 Å². The third-order valence-electron chi connectivity index (χ3n) is 4.46. The van der Waals surface area contributed by atoms with Crippen LogP contribution in [0.2, 0.25) is 0 Å². The number of sulfone groups is 1. The number of hydrogen-bond acceptors (Lipinski definition) is 4. The number of rotatable bonds is 4. The minimum Gasteiger partial charge on any atom is -0.331 e. The number of carbonyl (C=O) groups is 1. The van der Waals surface area contributed by atoms with E-state index in [0.717, 1.165) is 18.4 Å². The Hall–Kier alpha value is -2.15. The maximum Gasteiger partial charge on any atom is 0.254 e. The summed E-state index contributed by atoms with van der Waals surface area (Å²) in [6, 6.07) is 6.26. The maximum absolute atomic E-state index is 12.8. The van der Waals surface area contributed by atoms with E-state index < -0.39 is 9.84 Å². The van der Waals surface area contributed by atoms with Gasteiger partial charge >= 0.3 is 0 Å². The molecule has 1 atom stereocenters. The third kappa shape index (κ3) is 3.08. The zero-order valence-electron chi connectivity index (χ0n) is 13.8. The Labute approximate surface area is 142 Å². The van der Waals surface area contributed by atoms with Crippen LogP contribution in [0.15, 0.2) is 41.6 Å². The number of carbonyl (C=O) groups excluding carboxylic acids is 1. The van der Waals surface area contributed by atoms with Crippen LogP contribution < -0.4 is 0 Å². The Morgan fingerprint density at radius 1 is 1.29 bits per heavy atom. The zero-order valence-corrected chi connectivity index (χ0v) is 14.7. The van der Waals surface area contributed by atoms with Gasteiger partial charge in [0.1, 0.15) is 0 Å². The Balaban J connectivity index is 1.83. The molecular formula is C17H21N3O3S. The fourth-order valence-corrected chi connectivity index (χ4v) is 3.99. The van der Waals surface area contributed by atoms with Crippen molar-refractivity contribution in [2.45, 2.75) is 30.7 Å². The van der Waals surface area contributed by atoms with Gasteiger partial charge in [0.25, 0.3) is 5.91 Å². The largest absolute Gasteiger partial charge is 0.331 e. The number of hydrogen-bond donors (Lipinski definition) is 0. The standard InChI is InChI=1S/C17H21N3O3S/c1-3-24(22,23)15-8-6-13(7-9-15)17(21)20-10-4-5-16(20)14-11-18-19(2)12-14/h6-9,11-12,16H,3-5,10H2,1-2H3/t16-/m1/s1. The molecule has 1 amide bonds. The van der Waals surface area contributed by atoms with Gasteiger partial charge in [0, 0.05) is 30.9 Å². The topological polar surface area (TPSA) is 72.3 Å². The van der Waals surface area contributed by atoms with Crippen molar-refractivity contribution >= 4 is 15.7 Å². The highest BCUT2D eigenvalue weighted by molar-refractivity contribution is 7.91. The predicted octanol–water partition coefficient (Wildman–Crippen LogP) is 2.19. The first-order valence-electron chi connectivity index (χ1n) is 8.04. The van der Waals surface area contributed by atoms with Crippen molar-refractivity contribution in [3.63, 3.8) is 0 Å². The molecule has 0 unspecified atom stereocenters. The molecule has 1 saturated heterocycles. The third-order valence-corrected chi connectivity index (χ3v) is 6.21. The molecule has 6 nitrogen and oxygen atoms in total. The van der Waals surface area contributed by atoms with E-state index in [1.165, 1.54) is 12.1 Å². The van der Waals surface area contributed by atoms with Crippen molar-refractivity contribution in [1.82, 2.24) is 14.7 Å². The Kier molecular flexibility index (Phi) is 4.45. The molecule has 0 radical (unpaired) electrons. The van der Waals surface area contributed by atoms with E-state index in [4.69, 9.17) is 0 Å². The van der Waals surface area contributed by atoms with Gasteiger partial charge in [0.15, 0.2) is 9.84 Å². The minimum atomic E-state index is -3.25. The number of benzene rings is 1. The number of aryl methyl sites for hydroxylation is 1. The van der Waals surface area contributed by atoms with Gasteiger partial charge in [-0.15, -0.1) is 0 Å². The molecule has 128 valence electrons. The molecule has 1 fully saturated rings. The molecule has 0 spiro atoms. The van der Waals surface area contributed by atoms with Gasteiger partial charge in [-0.05, 0) is 37.1 Å². The molecule has 24 heavy (non-hydrogen) atoms. The molecule has 0 N–H and O–H groups in total. The molecule has 1 aliphatic heterocycles. The molecule has 3 rings (SSSR count). The fourth-order valence-electron chi connectivity index (χ4n) is 3.11. The summed E-state index contributed by atoms with van der Waals surface area (Å²) in [5.74, 6) is -0.0167. The summed E-state index contributed by atoms with van der Waals surface area (Å²) in [6.07, 6.45) is 5.60. The SMILES string of the molecule is CCS(=O)(=O)c1ccc(C(=O)N2CCC[C@@H]2c2cnn(C)c2)cc1. The summed E-state index contributed by atoms with van der Waals surface area (Å²) in [5, 5.41) is 4.19. The highest BCUT2D eigenvalue weighted by atomic mass is 32.2. The quantitative estimate of drug-likeness (QED) is 0.850. The molecule has 2 aromatic rings. The lowest BCUT2D eigenvalue weighted by atomic mass is 10.1. The van der Waals surface area contributed by atoms with E-state index in [2.05, 4.69) is 5.10 Å². The smallest absolute Gasteiger partial charge is 0.254 e. The van der Waals surface area contributed by atoms with Crippen molar-refractivity contribution in [2.75, 3.05) is 12.3 Å². The monoisotopic (exact) mass is 347 g/mol. The normalized spacial score (nSPS) is 18.1. The Morgan fingerprint density at radius 2 is 2.00 bits per heavy atom. The maximum atomic E-state index is 12.8. The number of likely N-dealkylation sites (tertiary alicyclic amines) is 1. The molecule has 7 heteroatoms. The molecular weight excluding hydrogens is 326 g/mol. The van der Waals surface area contributed by atoms with Gasteiger partial charge in [-0.3, -0.25) is 9.48 Å². The van der Waals surface area contributed by atoms with Crippen molar-refractivity contribution in [1.29, 1.82) is 0 Å². The van der Waals surface area contributed by atoms with Crippen molar-refractivity contribution in [2.24, 2.45) is 7.05 Å². The molecule has 2 heterocycles. The van der Waals surface area contributed by atoms with Crippen molar-refractivity contribution in [3.05, 3.63) is 47.8 Å². The summed E-state index contributed by atoms with van der Waals surface area (Å²) >= 11 is 0. The second-order valence-electron chi connectivity index (χ2n) is 6.03. The lowest BCUT2D eigenvalue weighted by molar-refractivity contribution is 0.0735. The van der Waals surface area contributed by atoms with E-state index in [9.17, 15) is 13.2 Å². The fraction of sp³-hybridized carbons (Fsp3) is 0.412. The second kappa shape index (κ2) is 6.39.